The molecule has 116 valence electrons. The van der Waals surface area contributed by atoms with Gasteiger partial charge in [0, 0.05) is 13.1 Å². The normalized spacial score (nSPS) is 9.95. The number of nitrogens with one attached hydrogen (secondary N) is 3. The minimum atomic E-state index is -1.63. The van der Waals surface area contributed by atoms with Crippen molar-refractivity contribution in [3.8, 4) is 0 Å². The molecular formula is C13H17F3N4O. The molecule has 0 bridgehead atoms. The van der Waals surface area contributed by atoms with Crippen LogP contribution in [-0.2, 0) is 4.79 Å². The summed E-state index contributed by atoms with van der Waals surface area (Å²) in [6.07, 6.45) is 0. The lowest BCUT2D eigenvalue weighted by atomic mass is 10.3. The monoisotopic (exact) mass is 302 g/mol. The second-order valence-electron chi connectivity index (χ2n) is 4.00. The van der Waals surface area contributed by atoms with Crippen LogP contribution in [-0.4, -0.2) is 31.5 Å². The van der Waals surface area contributed by atoms with E-state index in [1.54, 1.807) is 0 Å². The minimum absolute atomic E-state index is 0.284. The van der Waals surface area contributed by atoms with Crippen molar-refractivity contribution in [3.05, 3.63) is 29.6 Å². The number of guanidine groups is 1. The molecule has 0 saturated carbocycles. The number of halogens is 3. The summed E-state index contributed by atoms with van der Waals surface area (Å²) in [5.41, 5.74) is -0.428. The molecule has 0 fully saturated rings. The van der Waals surface area contributed by atoms with Crippen molar-refractivity contribution in [2.24, 2.45) is 4.99 Å². The number of anilines is 1. The van der Waals surface area contributed by atoms with Crippen LogP contribution in [0, 0.1) is 17.5 Å². The van der Waals surface area contributed by atoms with Crippen LogP contribution >= 0.6 is 0 Å². The van der Waals surface area contributed by atoms with Gasteiger partial charge in [0.2, 0.25) is 5.91 Å². The molecule has 5 nitrogen and oxygen atoms in total. The van der Waals surface area contributed by atoms with E-state index in [2.05, 4.69) is 20.9 Å². The summed E-state index contributed by atoms with van der Waals surface area (Å²) in [5, 5.41) is 7.95. The molecule has 8 heteroatoms. The molecular weight excluding hydrogens is 285 g/mol. The second kappa shape index (κ2) is 8.13. The third-order valence-corrected chi connectivity index (χ3v) is 2.38. The molecule has 1 aromatic rings. The third-order valence-electron chi connectivity index (χ3n) is 2.38. The van der Waals surface area contributed by atoms with Gasteiger partial charge in [0.25, 0.3) is 0 Å². The quantitative estimate of drug-likeness (QED) is 0.440. The van der Waals surface area contributed by atoms with E-state index in [1.165, 1.54) is 0 Å². The van der Waals surface area contributed by atoms with Gasteiger partial charge in [-0.3, -0.25) is 4.79 Å². The number of nitrogens with zero attached hydrogens (tertiary/aromatic N) is 1. The summed E-state index contributed by atoms with van der Waals surface area (Å²) >= 11 is 0. The number of carbonyl (C=O) groups excluding carboxylic acids is 1. The maximum atomic E-state index is 13.4. The largest absolute Gasteiger partial charge is 0.357 e. The first-order chi connectivity index (χ1) is 9.99. The van der Waals surface area contributed by atoms with Gasteiger partial charge in [0.05, 0.1) is 5.69 Å². The van der Waals surface area contributed by atoms with Crippen LogP contribution in [0.15, 0.2) is 17.1 Å². The summed E-state index contributed by atoms with van der Waals surface area (Å²) in [5.74, 6) is -4.59. The first-order valence-corrected chi connectivity index (χ1v) is 6.45. The van der Waals surface area contributed by atoms with E-state index >= 15 is 0 Å². The maximum Gasteiger partial charge on any atom is 0.246 e. The second-order valence-corrected chi connectivity index (χ2v) is 4.00. The van der Waals surface area contributed by atoms with E-state index < -0.39 is 29.0 Å². The van der Waals surface area contributed by atoms with E-state index in [9.17, 15) is 18.0 Å². The lowest BCUT2D eigenvalue weighted by molar-refractivity contribution is -0.114. The average molecular weight is 302 g/mol. The van der Waals surface area contributed by atoms with E-state index in [1.807, 2.05) is 13.8 Å². The van der Waals surface area contributed by atoms with Crippen LogP contribution in [0.5, 0.6) is 0 Å². The topological polar surface area (TPSA) is 65.5 Å². The van der Waals surface area contributed by atoms with Gasteiger partial charge >= 0.3 is 0 Å². The summed E-state index contributed by atoms with van der Waals surface area (Å²) in [6, 6.07) is 1.69. The highest BCUT2D eigenvalue weighted by Gasteiger charge is 2.15. The Kier molecular flexibility index (Phi) is 6.51. The molecule has 0 aliphatic rings. The molecule has 0 aromatic heterocycles. The maximum absolute atomic E-state index is 13.4. The van der Waals surface area contributed by atoms with E-state index in [-0.39, 0.29) is 6.54 Å². The lowest BCUT2D eigenvalue weighted by Crippen LogP contribution is -2.37. The van der Waals surface area contributed by atoms with Crippen LogP contribution < -0.4 is 16.0 Å². The molecule has 0 saturated heterocycles. The Labute approximate surface area is 120 Å². The Morgan fingerprint density at radius 2 is 1.71 bits per heavy atom. The van der Waals surface area contributed by atoms with Gasteiger partial charge in [-0.1, -0.05) is 0 Å². The smallest absolute Gasteiger partial charge is 0.246 e. The molecule has 0 unspecified atom stereocenters. The molecule has 0 aliphatic heterocycles. The number of carbonyl (C=O) groups is 1. The number of rotatable bonds is 5. The van der Waals surface area contributed by atoms with Crippen molar-refractivity contribution in [1.29, 1.82) is 0 Å². The zero-order chi connectivity index (χ0) is 15.8. The molecule has 3 N–H and O–H groups in total. The van der Waals surface area contributed by atoms with Crippen molar-refractivity contribution in [3.63, 3.8) is 0 Å². The number of aliphatic imine (C=N–C) groups is 1. The molecule has 1 rings (SSSR count). The van der Waals surface area contributed by atoms with Crippen molar-refractivity contribution in [2.45, 2.75) is 13.8 Å². The zero-order valence-electron chi connectivity index (χ0n) is 11.8. The molecule has 0 spiro atoms. The van der Waals surface area contributed by atoms with Crippen molar-refractivity contribution in [1.82, 2.24) is 10.6 Å². The first kappa shape index (κ1) is 16.8. The van der Waals surface area contributed by atoms with Gasteiger partial charge < -0.3 is 16.0 Å². The van der Waals surface area contributed by atoms with Crippen LogP contribution in [0.25, 0.3) is 0 Å². The Morgan fingerprint density at radius 3 is 2.29 bits per heavy atom. The van der Waals surface area contributed by atoms with Gasteiger partial charge in [-0.25, -0.2) is 18.2 Å². The number of benzene rings is 1. The lowest BCUT2D eigenvalue weighted by Gasteiger charge is -2.09. The van der Waals surface area contributed by atoms with Crippen LogP contribution in [0.4, 0.5) is 18.9 Å². The van der Waals surface area contributed by atoms with Gasteiger partial charge in [0.15, 0.2) is 23.4 Å². The van der Waals surface area contributed by atoms with Gasteiger partial charge in [-0.05, 0) is 26.0 Å². The predicted molar refractivity (Wildman–Crippen MR) is 74.6 cm³/mol. The van der Waals surface area contributed by atoms with Gasteiger partial charge in [0.1, 0.15) is 6.54 Å². The fourth-order valence-corrected chi connectivity index (χ4v) is 1.47. The third kappa shape index (κ3) is 4.97. The molecule has 0 atom stereocenters. The van der Waals surface area contributed by atoms with E-state index in [0.717, 1.165) is 12.1 Å². The summed E-state index contributed by atoms with van der Waals surface area (Å²) in [7, 11) is 0. The summed E-state index contributed by atoms with van der Waals surface area (Å²) in [4.78, 5) is 15.6. The first-order valence-electron chi connectivity index (χ1n) is 6.45. The Balaban J connectivity index is 2.69. The molecule has 1 amide bonds. The highest BCUT2D eigenvalue weighted by atomic mass is 19.2. The highest BCUT2D eigenvalue weighted by Crippen LogP contribution is 2.19. The molecule has 21 heavy (non-hydrogen) atoms. The predicted octanol–water partition coefficient (Wildman–Crippen LogP) is 1.62. The standard InChI is InChI=1S/C13H17F3N4O/c1-3-17-13(18-4-2)19-7-10(21)20-9-6-5-8(14)11(15)12(9)16/h5-6H,3-4,7H2,1-2H3,(H,20,21)(H2,17,18,19). The van der Waals surface area contributed by atoms with E-state index in [0.29, 0.717) is 19.0 Å². The summed E-state index contributed by atoms with van der Waals surface area (Å²) < 4.78 is 39.1. The molecule has 0 heterocycles. The number of hydrogen-bond donors (Lipinski definition) is 3. The Morgan fingerprint density at radius 1 is 1.10 bits per heavy atom. The van der Waals surface area contributed by atoms with Gasteiger partial charge in [-0.15, -0.1) is 0 Å². The van der Waals surface area contributed by atoms with Crippen molar-refractivity contribution < 1.29 is 18.0 Å². The average Bonchev–Trinajstić information content (AvgIpc) is 2.46. The van der Waals surface area contributed by atoms with E-state index in [4.69, 9.17) is 0 Å². The number of hydrogen-bond acceptors (Lipinski definition) is 2. The Bertz CT molecular complexity index is 526. The molecule has 0 radical (unpaired) electrons. The molecule has 1 aromatic carbocycles. The van der Waals surface area contributed by atoms with Crippen LogP contribution in [0.2, 0.25) is 0 Å². The van der Waals surface area contributed by atoms with Crippen LogP contribution in [0.3, 0.4) is 0 Å². The fraction of sp³-hybridized carbons (Fsp3) is 0.385. The summed E-state index contributed by atoms with van der Waals surface area (Å²) in [6.45, 7) is 4.68. The van der Waals surface area contributed by atoms with Crippen molar-refractivity contribution >= 4 is 17.6 Å². The number of amides is 1. The fourth-order valence-electron chi connectivity index (χ4n) is 1.47. The zero-order valence-corrected chi connectivity index (χ0v) is 11.8. The van der Waals surface area contributed by atoms with Crippen LogP contribution in [0.1, 0.15) is 13.8 Å². The van der Waals surface area contributed by atoms with Crippen molar-refractivity contribution in [2.75, 3.05) is 25.0 Å². The molecule has 0 aliphatic carbocycles. The van der Waals surface area contributed by atoms with Gasteiger partial charge in [-0.2, -0.15) is 0 Å². The SMILES string of the molecule is CCNC(=NCC(=O)Nc1ccc(F)c(F)c1F)NCC. The minimum Gasteiger partial charge on any atom is -0.357 e. The highest BCUT2D eigenvalue weighted by molar-refractivity contribution is 5.94. The Hall–Kier alpha value is -2.25.